The van der Waals surface area contributed by atoms with Gasteiger partial charge in [-0.3, -0.25) is 4.79 Å². The fourth-order valence-corrected chi connectivity index (χ4v) is 2.08. The molecule has 0 radical (unpaired) electrons. The van der Waals surface area contributed by atoms with E-state index in [1.54, 1.807) is 6.07 Å². The van der Waals surface area contributed by atoms with Crippen molar-refractivity contribution in [3.63, 3.8) is 0 Å². The second-order valence-corrected chi connectivity index (χ2v) is 4.26. The van der Waals surface area contributed by atoms with Crippen molar-refractivity contribution in [2.24, 2.45) is 0 Å². The fraction of sp³-hybridized carbons (Fsp3) is 0. The highest BCUT2D eigenvalue weighted by atomic mass is 32.2. The first-order chi connectivity index (χ1) is 8.06. The molecule has 17 heavy (non-hydrogen) atoms. The van der Waals surface area contributed by atoms with Crippen molar-refractivity contribution in [2.45, 2.75) is 10.1 Å². The van der Waals surface area contributed by atoms with Gasteiger partial charge in [-0.1, -0.05) is 6.07 Å². The SMILES string of the molecule is Nc1cc(=O)[nH]c(Sc2cccc(F)c2N)n1. The first kappa shape index (κ1) is 11.5. The predicted octanol–water partition coefficient (Wildman–Crippen LogP) is 1.22. The maximum absolute atomic E-state index is 13.2. The maximum Gasteiger partial charge on any atom is 0.253 e. The van der Waals surface area contributed by atoms with Gasteiger partial charge < -0.3 is 16.5 Å². The number of nitrogens with zero attached hydrogens (tertiary/aromatic N) is 1. The summed E-state index contributed by atoms with van der Waals surface area (Å²) in [4.78, 5) is 18.0. The Hall–Kier alpha value is -2.02. The zero-order chi connectivity index (χ0) is 12.4. The molecule has 5 N–H and O–H groups in total. The van der Waals surface area contributed by atoms with Gasteiger partial charge in [0.2, 0.25) is 0 Å². The summed E-state index contributed by atoms with van der Waals surface area (Å²) in [7, 11) is 0. The van der Waals surface area contributed by atoms with Gasteiger partial charge in [-0.2, -0.15) is 0 Å². The Balaban J connectivity index is 2.38. The minimum atomic E-state index is -0.513. The number of nitrogens with two attached hydrogens (primary N) is 2. The number of aromatic amines is 1. The van der Waals surface area contributed by atoms with Crippen molar-refractivity contribution >= 4 is 23.3 Å². The van der Waals surface area contributed by atoms with Crippen LogP contribution in [0.3, 0.4) is 0 Å². The molecule has 7 heteroatoms. The highest BCUT2D eigenvalue weighted by molar-refractivity contribution is 7.99. The van der Waals surface area contributed by atoms with Crippen LogP contribution in [0.25, 0.3) is 0 Å². The van der Waals surface area contributed by atoms with Crippen LogP contribution in [-0.2, 0) is 0 Å². The quantitative estimate of drug-likeness (QED) is 0.551. The summed E-state index contributed by atoms with van der Waals surface area (Å²) in [5.74, 6) is -0.410. The summed E-state index contributed by atoms with van der Waals surface area (Å²) in [6.45, 7) is 0. The zero-order valence-electron chi connectivity index (χ0n) is 8.61. The smallest absolute Gasteiger partial charge is 0.253 e. The minimum absolute atomic E-state index is 0.0163. The van der Waals surface area contributed by atoms with Crippen molar-refractivity contribution in [3.05, 3.63) is 40.4 Å². The summed E-state index contributed by atoms with van der Waals surface area (Å²) in [6, 6.07) is 5.58. The lowest BCUT2D eigenvalue weighted by molar-refractivity contribution is 0.629. The molecule has 88 valence electrons. The van der Waals surface area contributed by atoms with E-state index < -0.39 is 5.82 Å². The van der Waals surface area contributed by atoms with E-state index in [2.05, 4.69) is 9.97 Å². The van der Waals surface area contributed by atoms with Crippen LogP contribution in [0, 0.1) is 5.82 Å². The lowest BCUT2D eigenvalue weighted by atomic mass is 10.3. The van der Waals surface area contributed by atoms with E-state index in [1.807, 2.05) is 0 Å². The molecule has 0 saturated carbocycles. The van der Waals surface area contributed by atoms with E-state index in [-0.39, 0.29) is 22.2 Å². The zero-order valence-corrected chi connectivity index (χ0v) is 9.42. The van der Waals surface area contributed by atoms with Crippen LogP contribution in [0.2, 0.25) is 0 Å². The van der Waals surface area contributed by atoms with Gasteiger partial charge in [0.1, 0.15) is 11.6 Å². The Morgan fingerprint density at radius 1 is 1.35 bits per heavy atom. The van der Waals surface area contributed by atoms with Gasteiger partial charge in [0, 0.05) is 11.0 Å². The third-order valence-corrected chi connectivity index (χ3v) is 2.92. The number of benzene rings is 1. The maximum atomic E-state index is 13.2. The molecule has 2 aromatic rings. The van der Waals surface area contributed by atoms with Crippen LogP contribution in [0.5, 0.6) is 0 Å². The van der Waals surface area contributed by atoms with Gasteiger partial charge >= 0.3 is 0 Å². The first-order valence-corrected chi connectivity index (χ1v) is 5.46. The van der Waals surface area contributed by atoms with E-state index in [4.69, 9.17) is 11.5 Å². The fourth-order valence-electron chi connectivity index (χ4n) is 1.21. The molecule has 1 aromatic carbocycles. The van der Waals surface area contributed by atoms with Crippen LogP contribution in [0.1, 0.15) is 0 Å². The van der Waals surface area contributed by atoms with Crippen molar-refractivity contribution in [1.82, 2.24) is 9.97 Å². The van der Waals surface area contributed by atoms with Crippen LogP contribution in [0.15, 0.2) is 39.1 Å². The molecule has 0 aliphatic carbocycles. The molecule has 0 fully saturated rings. The van der Waals surface area contributed by atoms with Gasteiger partial charge in [-0.05, 0) is 23.9 Å². The number of halogens is 1. The Labute approximate surface area is 100 Å². The van der Waals surface area contributed by atoms with Crippen LogP contribution < -0.4 is 17.0 Å². The van der Waals surface area contributed by atoms with Crippen LogP contribution in [-0.4, -0.2) is 9.97 Å². The molecular weight excluding hydrogens is 243 g/mol. The minimum Gasteiger partial charge on any atom is -0.395 e. The standard InChI is InChI=1S/C10H9FN4OS/c11-5-2-1-3-6(9(5)13)17-10-14-7(12)4-8(16)15-10/h1-4H,13H2,(H3,12,14,15,16). The molecule has 2 rings (SSSR count). The molecule has 0 amide bonds. The summed E-state index contributed by atoms with van der Waals surface area (Å²) in [5, 5.41) is 0.271. The van der Waals surface area contributed by atoms with Crippen molar-refractivity contribution < 1.29 is 4.39 Å². The molecule has 0 atom stereocenters. The van der Waals surface area contributed by atoms with Crippen LogP contribution in [0.4, 0.5) is 15.9 Å². The largest absolute Gasteiger partial charge is 0.395 e. The van der Waals surface area contributed by atoms with Gasteiger partial charge in [0.25, 0.3) is 5.56 Å². The number of para-hydroxylation sites is 1. The number of H-pyrrole nitrogens is 1. The highest BCUT2D eigenvalue weighted by Crippen LogP contribution is 2.30. The topological polar surface area (TPSA) is 97.8 Å². The summed E-state index contributed by atoms with van der Waals surface area (Å²) >= 11 is 1.05. The molecule has 0 bridgehead atoms. The number of anilines is 2. The van der Waals surface area contributed by atoms with E-state index in [0.717, 1.165) is 11.8 Å². The Morgan fingerprint density at radius 2 is 2.12 bits per heavy atom. The molecule has 1 heterocycles. The summed E-state index contributed by atoms with van der Waals surface area (Å²) < 4.78 is 13.2. The Bertz CT molecular complexity index is 613. The summed E-state index contributed by atoms with van der Waals surface area (Å²) in [6.07, 6.45) is 0. The molecule has 0 saturated heterocycles. The number of rotatable bonds is 2. The van der Waals surface area contributed by atoms with E-state index in [9.17, 15) is 9.18 Å². The van der Waals surface area contributed by atoms with Gasteiger partial charge in [0.05, 0.1) is 5.69 Å². The lowest BCUT2D eigenvalue weighted by Crippen LogP contribution is -2.09. The predicted molar refractivity (Wildman–Crippen MR) is 64.2 cm³/mol. The molecular formula is C10H9FN4OS. The molecule has 0 unspecified atom stereocenters. The van der Waals surface area contributed by atoms with E-state index in [1.165, 1.54) is 18.2 Å². The van der Waals surface area contributed by atoms with Gasteiger partial charge in [0.15, 0.2) is 5.16 Å². The third-order valence-electron chi connectivity index (χ3n) is 1.96. The molecule has 0 spiro atoms. The van der Waals surface area contributed by atoms with Gasteiger partial charge in [-0.25, -0.2) is 9.37 Å². The second-order valence-electron chi connectivity index (χ2n) is 3.23. The Morgan fingerprint density at radius 3 is 2.82 bits per heavy atom. The normalized spacial score (nSPS) is 10.4. The number of nitrogens with one attached hydrogen (secondary N) is 1. The summed E-state index contributed by atoms with van der Waals surface area (Å²) in [5.41, 5.74) is 10.6. The lowest BCUT2D eigenvalue weighted by Gasteiger charge is -2.05. The third kappa shape index (κ3) is 2.56. The second kappa shape index (κ2) is 4.46. The van der Waals surface area contributed by atoms with Gasteiger partial charge in [-0.15, -0.1) is 0 Å². The molecule has 5 nitrogen and oxygen atoms in total. The first-order valence-electron chi connectivity index (χ1n) is 4.65. The Kier molecular flexibility index (Phi) is 3.01. The highest BCUT2D eigenvalue weighted by Gasteiger charge is 2.08. The van der Waals surface area contributed by atoms with E-state index >= 15 is 0 Å². The van der Waals surface area contributed by atoms with Crippen LogP contribution >= 0.6 is 11.8 Å². The average Bonchev–Trinajstić information content (AvgIpc) is 2.23. The molecule has 0 aliphatic rings. The van der Waals surface area contributed by atoms with Crippen molar-refractivity contribution in [2.75, 3.05) is 11.5 Å². The van der Waals surface area contributed by atoms with Crippen molar-refractivity contribution in [1.29, 1.82) is 0 Å². The number of aromatic nitrogens is 2. The number of nitrogen functional groups attached to an aromatic ring is 2. The number of hydrogen-bond acceptors (Lipinski definition) is 5. The average molecular weight is 252 g/mol. The van der Waals surface area contributed by atoms with Crippen molar-refractivity contribution in [3.8, 4) is 0 Å². The molecule has 0 aliphatic heterocycles. The monoisotopic (exact) mass is 252 g/mol. The number of hydrogen-bond donors (Lipinski definition) is 3. The molecule has 1 aromatic heterocycles. The van der Waals surface area contributed by atoms with E-state index in [0.29, 0.717) is 4.90 Å².